The second kappa shape index (κ2) is 30.3. The second-order valence-electron chi connectivity index (χ2n) is 20.9. The van der Waals surface area contributed by atoms with Crippen molar-refractivity contribution in [2.75, 3.05) is 27.4 Å². The zero-order valence-electron chi connectivity index (χ0n) is 46.8. The number of alkyl halides is 3. The number of rotatable bonds is 11. The van der Waals surface area contributed by atoms with E-state index >= 15 is 0 Å². The molecule has 0 radical (unpaired) electrons. The van der Waals surface area contributed by atoms with E-state index in [1.165, 1.54) is 89.5 Å². The lowest BCUT2D eigenvalue weighted by Crippen LogP contribution is -2.41. The van der Waals surface area contributed by atoms with Gasteiger partial charge in [0.25, 0.3) is 0 Å². The maximum absolute atomic E-state index is 11.6. The van der Waals surface area contributed by atoms with Crippen LogP contribution in [-0.4, -0.2) is 69.4 Å². The molecule has 0 amide bonds. The summed E-state index contributed by atoms with van der Waals surface area (Å²) in [4.78, 5) is 65.0. The van der Waals surface area contributed by atoms with E-state index in [0.717, 1.165) is 46.5 Å². The molecular formula is C60H79F3O13. The first-order chi connectivity index (χ1) is 35.4. The van der Waals surface area contributed by atoms with Crippen LogP contribution in [0.25, 0.3) is 0 Å². The molecule has 13 nitrogen and oxygen atoms in total. The molecular weight excluding hydrogens is 986 g/mol. The van der Waals surface area contributed by atoms with E-state index < -0.39 is 11.6 Å². The Morgan fingerprint density at radius 1 is 0.474 bits per heavy atom. The van der Waals surface area contributed by atoms with E-state index in [2.05, 4.69) is 83.5 Å². The van der Waals surface area contributed by atoms with Crippen molar-refractivity contribution < 1.29 is 75.1 Å². The Hall–Kier alpha value is -6.55. The van der Waals surface area contributed by atoms with Gasteiger partial charge < -0.3 is 33.2 Å². The molecule has 0 spiro atoms. The van der Waals surface area contributed by atoms with Crippen LogP contribution in [0.3, 0.4) is 0 Å². The Kier molecular flexibility index (Phi) is 26.1. The fraction of sp³-hybridized carbons (Fsp3) is 0.500. The van der Waals surface area contributed by atoms with Crippen molar-refractivity contribution in [3.05, 3.63) is 119 Å². The van der Waals surface area contributed by atoms with Crippen LogP contribution in [0.5, 0.6) is 23.0 Å². The van der Waals surface area contributed by atoms with E-state index in [-0.39, 0.29) is 65.3 Å². The molecule has 2 fully saturated rings. The number of ether oxygens (including phenoxy) is 7. The van der Waals surface area contributed by atoms with E-state index in [4.69, 9.17) is 18.9 Å². The smallest absolute Gasteiger partial charge is 0.393 e. The van der Waals surface area contributed by atoms with Crippen LogP contribution in [-0.2, 0) is 53.8 Å². The Morgan fingerprint density at radius 2 is 0.737 bits per heavy atom. The Morgan fingerprint density at radius 3 is 0.961 bits per heavy atom. The van der Waals surface area contributed by atoms with Gasteiger partial charge in [-0.25, -0.2) is 0 Å². The van der Waals surface area contributed by atoms with Crippen molar-refractivity contribution in [1.29, 1.82) is 0 Å². The third kappa shape index (κ3) is 22.3. The molecule has 6 rings (SSSR count). The maximum atomic E-state index is 11.6. The number of hydrogen-bond acceptors (Lipinski definition) is 13. The first-order valence-electron chi connectivity index (χ1n) is 25.3. The van der Waals surface area contributed by atoms with Gasteiger partial charge in [-0.05, 0) is 114 Å². The van der Waals surface area contributed by atoms with Crippen LogP contribution in [0.1, 0.15) is 157 Å². The van der Waals surface area contributed by atoms with Crippen LogP contribution in [0.4, 0.5) is 13.2 Å². The number of hydrogen-bond donors (Lipinski definition) is 0. The van der Waals surface area contributed by atoms with Gasteiger partial charge in [0.2, 0.25) is 0 Å². The van der Waals surface area contributed by atoms with Crippen molar-refractivity contribution in [1.82, 2.24) is 0 Å². The quantitative estimate of drug-likeness (QED) is 0.0791. The lowest BCUT2D eigenvalue weighted by Gasteiger charge is -2.48. The van der Waals surface area contributed by atoms with Gasteiger partial charge in [-0.15, -0.1) is 0 Å². The van der Waals surface area contributed by atoms with Crippen molar-refractivity contribution in [3.8, 4) is 23.0 Å². The minimum atomic E-state index is -4.06. The minimum absolute atomic E-state index is 0.0538. The molecule has 0 heterocycles. The molecule has 76 heavy (non-hydrogen) atoms. The summed E-state index contributed by atoms with van der Waals surface area (Å²) in [6.45, 7) is 18.9. The highest BCUT2D eigenvalue weighted by Crippen LogP contribution is 2.54. The summed E-state index contributed by atoms with van der Waals surface area (Å²) in [5.74, 6) is 0.822. The number of carbonyl (C=O) groups excluding carboxylic acids is 6. The topological polar surface area (TPSA) is 167 Å². The second-order valence-corrected chi connectivity index (χ2v) is 20.9. The van der Waals surface area contributed by atoms with Crippen LogP contribution in [0, 0.1) is 16.7 Å². The summed E-state index contributed by atoms with van der Waals surface area (Å²) < 4.78 is 68.7. The zero-order chi connectivity index (χ0) is 57.5. The van der Waals surface area contributed by atoms with E-state index in [1.54, 1.807) is 14.2 Å². The molecule has 0 aromatic heterocycles. The molecule has 2 aliphatic rings. The minimum Gasteiger partial charge on any atom is -0.462 e. The Bertz CT molecular complexity index is 2300. The fourth-order valence-electron chi connectivity index (χ4n) is 9.48. The molecule has 1 unspecified atom stereocenters. The van der Waals surface area contributed by atoms with Crippen LogP contribution in [0.15, 0.2) is 97.1 Å². The molecule has 0 aliphatic heterocycles. The average Bonchev–Trinajstić information content (AvgIpc) is 3.30. The monoisotopic (exact) mass is 1060 g/mol. The first kappa shape index (κ1) is 65.6. The Labute approximate surface area is 447 Å². The van der Waals surface area contributed by atoms with Crippen LogP contribution >= 0.6 is 0 Å². The summed E-state index contributed by atoms with van der Waals surface area (Å²) >= 11 is 0. The summed E-state index contributed by atoms with van der Waals surface area (Å²) in [6, 6.07) is 31.5. The number of methoxy groups -OCH3 is 1. The molecule has 4 aromatic carbocycles. The van der Waals surface area contributed by atoms with Gasteiger partial charge in [-0.1, -0.05) is 109 Å². The highest BCUT2D eigenvalue weighted by atomic mass is 19.4. The third-order valence-electron chi connectivity index (χ3n) is 12.3. The SMILES string of the molecule is CC(=O)OCCOC(C)=O.CC(=O)Oc1ccc(C2(c3ccc(OC(C)=O)cc3)CC(C)CC(C)(C)C2)cc1.CC(=O)Oc1ccc(C2(c3ccc(OC(C)=O)cc3)CCCCC2)cc1.CC(C)(C)C(F)(F)F.COC. The fourth-order valence-corrected chi connectivity index (χ4v) is 9.48. The van der Waals surface area contributed by atoms with Crippen molar-refractivity contribution in [3.63, 3.8) is 0 Å². The van der Waals surface area contributed by atoms with Crippen molar-refractivity contribution in [2.45, 2.75) is 151 Å². The normalized spacial score (nSPS) is 15.9. The molecule has 2 aliphatic carbocycles. The molecule has 16 heteroatoms. The maximum Gasteiger partial charge on any atom is 0.393 e. The van der Waals surface area contributed by atoms with E-state index in [9.17, 15) is 41.9 Å². The van der Waals surface area contributed by atoms with Crippen LogP contribution < -0.4 is 18.9 Å². The van der Waals surface area contributed by atoms with Gasteiger partial charge in [0.05, 0.1) is 5.41 Å². The number of carbonyl (C=O) groups is 6. The standard InChI is InChI=1S/C25H30O4.C22H24O4.C6H10O4.C5H9F3.C2H6O/c1-17-14-24(4,5)16-25(15-17,20-6-10-22(11-7-20)28-18(2)26)21-8-12-23(13-9-21)29-19(3)27;1-16(23)25-20-10-6-18(7-11-20)22(14-4-3-5-15-22)19-8-12-21(13-9-19)26-17(2)24;1-5(7)9-3-4-10-6(2)8;1-4(2,3)5(6,7)8;1-3-2/h6-13,17H,14-16H2,1-5H3;6-13H,3-5,14-15H2,1-2H3;3-4H2,1-2H3;1-3H3;1-2H3. The average molecular weight is 1070 g/mol. The predicted octanol–water partition coefficient (Wildman–Crippen LogP) is 13.4. The summed E-state index contributed by atoms with van der Waals surface area (Å²) in [6.07, 6.45) is 4.94. The molecule has 0 saturated heterocycles. The molecule has 4 aromatic rings. The molecule has 1 atom stereocenters. The van der Waals surface area contributed by atoms with Gasteiger partial charge in [-0.2, -0.15) is 13.2 Å². The number of benzene rings is 4. The van der Waals surface area contributed by atoms with Gasteiger partial charge in [-0.3, -0.25) is 28.8 Å². The number of esters is 6. The van der Waals surface area contributed by atoms with Gasteiger partial charge >= 0.3 is 42.0 Å². The summed E-state index contributed by atoms with van der Waals surface area (Å²) in [5, 5.41) is 0. The lowest BCUT2D eigenvalue weighted by atomic mass is 9.55. The zero-order valence-corrected chi connectivity index (χ0v) is 46.8. The van der Waals surface area contributed by atoms with Gasteiger partial charge in [0.15, 0.2) is 0 Å². The van der Waals surface area contributed by atoms with Gasteiger partial charge in [0, 0.05) is 66.6 Å². The largest absolute Gasteiger partial charge is 0.462 e. The molecule has 0 bridgehead atoms. The highest BCUT2D eigenvalue weighted by molar-refractivity contribution is 5.71. The van der Waals surface area contributed by atoms with Crippen molar-refractivity contribution >= 4 is 35.8 Å². The van der Waals surface area contributed by atoms with Gasteiger partial charge in [0.1, 0.15) is 36.2 Å². The number of halogens is 3. The van der Waals surface area contributed by atoms with Crippen molar-refractivity contribution in [2.24, 2.45) is 16.7 Å². The van der Waals surface area contributed by atoms with E-state index in [0.29, 0.717) is 28.9 Å². The molecule has 418 valence electrons. The van der Waals surface area contributed by atoms with Crippen LogP contribution in [0.2, 0.25) is 0 Å². The highest BCUT2D eigenvalue weighted by Gasteiger charge is 2.45. The predicted molar refractivity (Wildman–Crippen MR) is 284 cm³/mol. The molecule has 2 saturated carbocycles. The Balaban J connectivity index is 0.000000381. The lowest BCUT2D eigenvalue weighted by molar-refractivity contribution is -0.204. The first-order valence-corrected chi connectivity index (χ1v) is 25.3. The third-order valence-corrected chi connectivity index (χ3v) is 12.3. The summed E-state index contributed by atoms with van der Waals surface area (Å²) in [5.41, 5.74) is 3.32. The molecule has 0 N–H and O–H groups in total. The summed E-state index contributed by atoms with van der Waals surface area (Å²) in [7, 11) is 3.25. The van der Waals surface area contributed by atoms with E-state index in [1.807, 2.05) is 48.5 Å².